The number of thiazole rings is 1. The second-order valence-corrected chi connectivity index (χ2v) is 4.20. The Labute approximate surface area is 92.8 Å². The summed E-state index contributed by atoms with van der Waals surface area (Å²) in [6.07, 6.45) is 4.76. The quantitative estimate of drug-likeness (QED) is 0.851. The molecule has 0 aromatic carbocycles. The maximum Gasteiger partial charge on any atom is 0.108 e. The molecule has 0 atom stereocenters. The number of hydrogen-bond acceptors (Lipinski definition) is 4. The van der Waals surface area contributed by atoms with Gasteiger partial charge in [0.05, 0.1) is 12.2 Å². The molecular formula is C10H14N4S. The lowest BCUT2D eigenvalue weighted by atomic mass is 10.4. The Bertz CT molecular complexity index is 432. The van der Waals surface area contributed by atoms with Crippen LogP contribution in [0.1, 0.15) is 23.4 Å². The van der Waals surface area contributed by atoms with E-state index >= 15 is 0 Å². The number of nitrogens with zero attached hydrogens (tertiary/aromatic N) is 3. The summed E-state index contributed by atoms with van der Waals surface area (Å²) in [4.78, 5) is 8.70. The Morgan fingerprint density at radius 2 is 2.40 bits per heavy atom. The predicted molar refractivity (Wildman–Crippen MR) is 60.7 cm³/mol. The molecule has 0 radical (unpaired) electrons. The van der Waals surface area contributed by atoms with Crippen LogP contribution in [-0.2, 0) is 19.5 Å². The minimum absolute atomic E-state index is 0.523. The van der Waals surface area contributed by atoms with E-state index in [0.717, 1.165) is 29.5 Å². The first-order chi connectivity index (χ1) is 7.33. The van der Waals surface area contributed by atoms with Crippen LogP contribution in [0.4, 0.5) is 0 Å². The summed E-state index contributed by atoms with van der Waals surface area (Å²) in [5.41, 5.74) is 6.58. The van der Waals surface area contributed by atoms with Crippen molar-refractivity contribution in [3.63, 3.8) is 0 Å². The molecule has 2 rings (SSSR count). The first-order valence-electron chi connectivity index (χ1n) is 4.96. The molecule has 2 heterocycles. The lowest BCUT2D eigenvalue weighted by molar-refractivity contribution is 0.717. The van der Waals surface area contributed by atoms with Crippen molar-refractivity contribution in [3.05, 3.63) is 34.3 Å². The van der Waals surface area contributed by atoms with Gasteiger partial charge in [-0.25, -0.2) is 9.97 Å². The fourth-order valence-corrected chi connectivity index (χ4v) is 2.15. The van der Waals surface area contributed by atoms with Crippen molar-refractivity contribution in [1.29, 1.82) is 0 Å². The van der Waals surface area contributed by atoms with Crippen molar-refractivity contribution in [1.82, 2.24) is 14.5 Å². The van der Waals surface area contributed by atoms with Crippen molar-refractivity contribution in [3.8, 4) is 0 Å². The number of nitrogens with two attached hydrogens (primary N) is 1. The van der Waals surface area contributed by atoms with E-state index in [-0.39, 0.29) is 0 Å². The van der Waals surface area contributed by atoms with E-state index < -0.39 is 0 Å². The fraction of sp³-hybridized carbons (Fsp3) is 0.400. The molecule has 2 N–H and O–H groups in total. The van der Waals surface area contributed by atoms with Gasteiger partial charge in [-0.05, 0) is 0 Å². The van der Waals surface area contributed by atoms with Gasteiger partial charge in [0, 0.05) is 30.7 Å². The highest BCUT2D eigenvalue weighted by atomic mass is 32.1. The van der Waals surface area contributed by atoms with E-state index in [4.69, 9.17) is 5.73 Å². The van der Waals surface area contributed by atoms with E-state index in [1.165, 1.54) is 0 Å². The minimum atomic E-state index is 0.523. The SMILES string of the molecule is CCc1nccn1Cc1csc(CN)n1. The van der Waals surface area contributed by atoms with Gasteiger partial charge < -0.3 is 10.3 Å². The van der Waals surface area contributed by atoms with Crippen LogP contribution in [-0.4, -0.2) is 14.5 Å². The molecule has 4 nitrogen and oxygen atoms in total. The molecule has 15 heavy (non-hydrogen) atoms. The minimum Gasteiger partial charge on any atom is -0.329 e. The highest BCUT2D eigenvalue weighted by Crippen LogP contribution is 2.11. The summed E-state index contributed by atoms with van der Waals surface area (Å²) < 4.78 is 2.12. The van der Waals surface area contributed by atoms with Gasteiger partial charge in [0.25, 0.3) is 0 Å². The number of aromatic nitrogens is 3. The van der Waals surface area contributed by atoms with E-state index in [1.807, 2.05) is 12.4 Å². The molecule has 0 unspecified atom stereocenters. The third kappa shape index (κ3) is 2.24. The van der Waals surface area contributed by atoms with Crippen LogP contribution < -0.4 is 5.73 Å². The van der Waals surface area contributed by atoms with Crippen LogP contribution in [0.5, 0.6) is 0 Å². The lowest BCUT2D eigenvalue weighted by Crippen LogP contribution is -2.04. The molecule has 0 amide bonds. The Morgan fingerprint density at radius 3 is 3.07 bits per heavy atom. The molecular weight excluding hydrogens is 208 g/mol. The molecule has 0 aliphatic carbocycles. The van der Waals surface area contributed by atoms with Gasteiger partial charge >= 0.3 is 0 Å². The topological polar surface area (TPSA) is 56.7 Å². The largest absolute Gasteiger partial charge is 0.329 e. The summed E-state index contributed by atoms with van der Waals surface area (Å²) in [7, 11) is 0. The average molecular weight is 222 g/mol. The summed E-state index contributed by atoms with van der Waals surface area (Å²) in [5.74, 6) is 1.09. The molecule has 0 aliphatic rings. The molecule has 0 aliphatic heterocycles. The van der Waals surface area contributed by atoms with Crippen LogP contribution in [0.2, 0.25) is 0 Å². The van der Waals surface area contributed by atoms with Gasteiger partial charge in [0.2, 0.25) is 0 Å². The maximum atomic E-state index is 5.52. The molecule has 2 aromatic rings. The van der Waals surface area contributed by atoms with Crippen LogP contribution in [0.3, 0.4) is 0 Å². The van der Waals surface area contributed by atoms with Gasteiger partial charge in [0.1, 0.15) is 10.8 Å². The highest BCUT2D eigenvalue weighted by molar-refractivity contribution is 7.09. The normalized spacial score (nSPS) is 10.8. The first-order valence-corrected chi connectivity index (χ1v) is 5.84. The zero-order chi connectivity index (χ0) is 10.7. The predicted octanol–water partition coefficient (Wildman–Crippen LogP) is 1.41. The van der Waals surface area contributed by atoms with Crippen LogP contribution in [0, 0.1) is 0 Å². The average Bonchev–Trinajstić information content (AvgIpc) is 2.87. The van der Waals surface area contributed by atoms with Crippen LogP contribution in [0.15, 0.2) is 17.8 Å². The Balaban J connectivity index is 2.14. The fourth-order valence-electron chi connectivity index (χ4n) is 1.49. The van der Waals surface area contributed by atoms with Gasteiger partial charge in [-0.3, -0.25) is 0 Å². The molecule has 0 saturated carbocycles. The van der Waals surface area contributed by atoms with Crippen LogP contribution >= 0.6 is 11.3 Å². The summed E-state index contributed by atoms with van der Waals surface area (Å²) in [5, 5.41) is 3.05. The number of rotatable bonds is 4. The van der Waals surface area contributed by atoms with Crippen molar-refractivity contribution < 1.29 is 0 Å². The first kappa shape index (κ1) is 10.3. The molecule has 0 fully saturated rings. The summed E-state index contributed by atoms with van der Waals surface area (Å²) >= 11 is 1.61. The van der Waals surface area contributed by atoms with Gasteiger partial charge in [-0.1, -0.05) is 6.92 Å². The molecule has 0 bridgehead atoms. The maximum absolute atomic E-state index is 5.52. The van der Waals surface area contributed by atoms with Crippen molar-refractivity contribution in [2.24, 2.45) is 5.73 Å². The third-order valence-electron chi connectivity index (χ3n) is 2.22. The van der Waals surface area contributed by atoms with Gasteiger partial charge in [0.15, 0.2) is 0 Å². The Hall–Kier alpha value is -1.20. The Morgan fingerprint density at radius 1 is 1.53 bits per heavy atom. The lowest BCUT2D eigenvalue weighted by Gasteiger charge is -2.03. The van der Waals surface area contributed by atoms with Gasteiger partial charge in [-0.15, -0.1) is 11.3 Å². The van der Waals surface area contributed by atoms with Gasteiger partial charge in [-0.2, -0.15) is 0 Å². The summed E-state index contributed by atoms with van der Waals surface area (Å²) in [6, 6.07) is 0. The third-order valence-corrected chi connectivity index (χ3v) is 3.14. The zero-order valence-corrected chi connectivity index (χ0v) is 9.50. The van der Waals surface area contributed by atoms with Crippen molar-refractivity contribution >= 4 is 11.3 Å². The monoisotopic (exact) mass is 222 g/mol. The number of aryl methyl sites for hydroxylation is 1. The summed E-state index contributed by atoms with van der Waals surface area (Å²) in [6.45, 7) is 3.42. The molecule has 2 aromatic heterocycles. The van der Waals surface area contributed by atoms with E-state index in [9.17, 15) is 0 Å². The van der Waals surface area contributed by atoms with Crippen LogP contribution in [0.25, 0.3) is 0 Å². The smallest absolute Gasteiger partial charge is 0.108 e. The standard InChI is InChI=1S/C10H14N4S/c1-2-9-12-3-4-14(9)6-8-7-15-10(5-11)13-8/h3-4,7H,2,5-6,11H2,1H3. The Kier molecular flexibility index (Phi) is 3.13. The number of imidazole rings is 1. The molecule has 5 heteroatoms. The molecule has 0 saturated heterocycles. The van der Waals surface area contributed by atoms with E-state index in [0.29, 0.717) is 6.54 Å². The van der Waals surface area contributed by atoms with Crippen molar-refractivity contribution in [2.45, 2.75) is 26.4 Å². The van der Waals surface area contributed by atoms with Crippen molar-refractivity contribution in [2.75, 3.05) is 0 Å². The zero-order valence-electron chi connectivity index (χ0n) is 8.68. The van der Waals surface area contributed by atoms with E-state index in [2.05, 4.69) is 26.8 Å². The van der Waals surface area contributed by atoms with E-state index in [1.54, 1.807) is 11.3 Å². The highest BCUT2D eigenvalue weighted by Gasteiger charge is 2.04. The second kappa shape index (κ2) is 4.55. The molecule has 0 spiro atoms. The molecule has 80 valence electrons. The second-order valence-electron chi connectivity index (χ2n) is 3.26. The number of hydrogen-bond donors (Lipinski definition) is 1.